The highest BCUT2D eigenvalue weighted by Crippen LogP contribution is 2.34. The first-order valence-electron chi connectivity index (χ1n) is 10.4. The van der Waals surface area contributed by atoms with Crippen molar-refractivity contribution < 1.29 is 22.4 Å². The summed E-state index contributed by atoms with van der Waals surface area (Å²) in [7, 11) is -4.28. The minimum Gasteiger partial charge on any atom is -0.461 e. The number of nitrogens with zero attached hydrogens (tertiary/aromatic N) is 1. The van der Waals surface area contributed by atoms with Crippen molar-refractivity contribution in [1.82, 2.24) is 0 Å². The topological polar surface area (TPSA) is 84.7 Å². The predicted molar refractivity (Wildman–Crippen MR) is 127 cm³/mol. The smallest absolute Gasteiger partial charge is 0.272 e. The molecule has 3 aromatic carbocycles. The molecule has 0 fully saturated rings. The Bertz CT molecular complexity index is 1500. The number of anilines is 1. The molecule has 0 bridgehead atoms. The summed E-state index contributed by atoms with van der Waals surface area (Å²) in [5.41, 5.74) is 2.44. The second-order valence-corrected chi connectivity index (χ2v) is 9.73. The number of rotatable bonds is 5. The fourth-order valence-electron chi connectivity index (χ4n) is 3.92. The summed E-state index contributed by atoms with van der Waals surface area (Å²) in [5, 5.41) is 0.458. The summed E-state index contributed by atoms with van der Waals surface area (Å²) >= 11 is 0. The van der Waals surface area contributed by atoms with Gasteiger partial charge in [-0.3, -0.25) is 9.59 Å². The highest BCUT2D eigenvalue weighted by atomic mass is 32.2. The van der Waals surface area contributed by atoms with Gasteiger partial charge in [-0.15, -0.1) is 0 Å². The van der Waals surface area contributed by atoms with Crippen LogP contribution in [-0.4, -0.2) is 20.1 Å². The van der Waals surface area contributed by atoms with Crippen LogP contribution in [0.5, 0.6) is 0 Å². The zero-order valence-electron chi connectivity index (χ0n) is 18.7. The van der Waals surface area contributed by atoms with Crippen LogP contribution in [0.25, 0.3) is 11.0 Å². The fraction of sp³-hybridized carbons (Fsp3) is 0.154. The molecule has 0 saturated carbocycles. The predicted octanol–water partition coefficient (Wildman–Crippen LogP) is 5.60. The van der Waals surface area contributed by atoms with Gasteiger partial charge in [0.05, 0.1) is 16.1 Å². The van der Waals surface area contributed by atoms with Gasteiger partial charge >= 0.3 is 0 Å². The molecule has 7 heteroatoms. The second kappa shape index (κ2) is 8.33. The number of fused-ring (bicyclic) bond motifs is 1. The Labute approximate surface area is 192 Å². The minimum atomic E-state index is -4.28. The number of sulfonamides is 1. The summed E-state index contributed by atoms with van der Waals surface area (Å²) in [4.78, 5) is 25.8. The molecule has 0 spiro atoms. The van der Waals surface area contributed by atoms with E-state index in [1.807, 2.05) is 6.07 Å². The fourth-order valence-corrected chi connectivity index (χ4v) is 5.64. The van der Waals surface area contributed by atoms with Crippen LogP contribution in [0, 0.1) is 20.8 Å². The largest absolute Gasteiger partial charge is 0.461 e. The third-order valence-corrected chi connectivity index (χ3v) is 7.35. The Morgan fingerprint density at radius 1 is 0.879 bits per heavy atom. The quantitative estimate of drug-likeness (QED) is 0.361. The van der Waals surface area contributed by atoms with Gasteiger partial charge in [-0.1, -0.05) is 30.3 Å². The van der Waals surface area contributed by atoms with Crippen LogP contribution >= 0.6 is 0 Å². The van der Waals surface area contributed by atoms with Crippen molar-refractivity contribution >= 4 is 38.4 Å². The number of carbonyl (C=O) groups is 2. The first kappa shape index (κ1) is 22.5. The molecule has 1 aromatic heterocycles. The lowest BCUT2D eigenvalue weighted by molar-refractivity contribution is 0.1000. The molecule has 0 unspecified atom stereocenters. The SMILES string of the molecule is CC(=O)c1c(C)oc2ccc(N(C(=O)c3ccccc3)S(=O)(=O)c3cc(C)ccc3C)cc12. The maximum atomic E-state index is 13.9. The molecular formula is C26H23NO5S. The average molecular weight is 462 g/mol. The van der Waals surface area contributed by atoms with E-state index in [9.17, 15) is 18.0 Å². The molecule has 0 N–H and O–H groups in total. The van der Waals surface area contributed by atoms with Crippen molar-refractivity contribution in [3.63, 3.8) is 0 Å². The number of aryl methyl sites for hydroxylation is 3. The summed E-state index contributed by atoms with van der Waals surface area (Å²) in [6.07, 6.45) is 0. The van der Waals surface area contributed by atoms with E-state index in [-0.39, 0.29) is 21.9 Å². The maximum absolute atomic E-state index is 13.9. The van der Waals surface area contributed by atoms with Crippen molar-refractivity contribution in [2.75, 3.05) is 4.31 Å². The van der Waals surface area contributed by atoms with Crippen LogP contribution in [0.4, 0.5) is 5.69 Å². The van der Waals surface area contributed by atoms with Crippen LogP contribution in [0.1, 0.15) is 44.5 Å². The number of carbonyl (C=O) groups excluding carboxylic acids is 2. The molecule has 6 nitrogen and oxygen atoms in total. The van der Waals surface area contributed by atoms with Crippen LogP contribution in [0.15, 0.2) is 76.0 Å². The molecule has 0 saturated heterocycles. The molecular weight excluding hydrogens is 438 g/mol. The molecule has 4 rings (SSSR count). The number of benzene rings is 3. The average Bonchev–Trinajstić information content (AvgIpc) is 3.11. The first-order chi connectivity index (χ1) is 15.6. The van der Waals surface area contributed by atoms with E-state index in [0.717, 1.165) is 9.87 Å². The van der Waals surface area contributed by atoms with Crippen molar-refractivity contribution in [2.24, 2.45) is 0 Å². The monoisotopic (exact) mass is 461 g/mol. The van der Waals surface area contributed by atoms with Gasteiger partial charge in [0, 0.05) is 10.9 Å². The lowest BCUT2D eigenvalue weighted by Crippen LogP contribution is -2.37. The van der Waals surface area contributed by atoms with Gasteiger partial charge < -0.3 is 4.42 Å². The van der Waals surface area contributed by atoms with Gasteiger partial charge in [0.25, 0.3) is 15.9 Å². The molecule has 0 aliphatic carbocycles. The molecule has 0 atom stereocenters. The van der Waals surface area contributed by atoms with Crippen LogP contribution < -0.4 is 4.31 Å². The maximum Gasteiger partial charge on any atom is 0.272 e. The summed E-state index contributed by atoms with van der Waals surface area (Å²) < 4.78 is 34.3. The third-order valence-electron chi connectivity index (χ3n) is 5.50. The number of hydrogen-bond donors (Lipinski definition) is 0. The minimum absolute atomic E-state index is 0.0436. The highest BCUT2D eigenvalue weighted by Gasteiger charge is 2.33. The zero-order chi connectivity index (χ0) is 23.9. The van der Waals surface area contributed by atoms with Crippen LogP contribution in [-0.2, 0) is 10.0 Å². The van der Waals surface area contributed by atoms with Crippen molar-refractivity contribution in [3.8, 4) is 0 Å². The van der Waals surface area contributed by atoms with Crippen LogP contribution in [0.2, 0.25) is 0 Å². The van der Waals surface area contributed by atoms with Gasteiger partial charge in [0.1, 0.15) is 11.3 Å². The molecule has 0 aliphatic rings. The Morgan fingerprint density at radius 3 is 2.24 bits per heavy atom. The van der Waals surface area contributed by atoms with E-state index in [1.165, 1.54) is 19.1 Å². The Hall–Kier alpha value is -3.71. The Morgan fingerprint density at radius 2 is 1.58 bits per heavy atom. The molecule has 1 heterocycles. The van der Waals surface area contributed by atoms with Crippen molar-refractivity contribution in [1.29, 1.82) is 0 Å². The molecule has 33 heavy (non-hydrogen) atoms. The Balaban J connectivity index is 1.99. The molecule has 0 radical (unpaired) electrons. The third kappa shape index (κ3) is 3.96. The van der Waals surface area contributed by atoms with E-state index in [4.69, 9.17) is 4.42 Å². The Kier molecular flexibility index (Phi) is 5.68. The van der Waals surface area contributed by atoms with E-state index < -0.39 is 15.9 Å². The molecule has 0 aliphatic heterocycles. The first-order valence-corrected chi connectivity index (χ1v) is 11.8. The summed E-state index contributed by atoms with van der Waals surface area (Å²) in [5.74, 6) is -0.463. The second-order valence-electron chi connectivity index (χ2n) is 7.98. The normalized spacial score (nSPS) is 11.5. The highest BCUT2D eigenvalue weighted by molar-refractivity contribution is 7.93. The van der Waals surface area contributed by atoms with E-state index in [0.29, 0.717) is 27.9 Å². The molecule has 4 aromatic rings. The van der Waals surface area contributed by atoms with Gasteiger partial charge in [0.2, 0.25) is 0 Å². The number of Topliss-reactive ketones (excluding diaryl/α,β-unsaturated/α-hetero) is 1. The number of hydrogen-bond acceptors (Lipinski definition) is 5. The van der Waals surface area contributed by atoms with Gasteiger partial charge in [-0.25, -0.2) is 8.42 Å². The standard InChI is InChI=1S/C26H23NO5S/c1-16-10-11-17(2)24(14-16)33(30,31)27(26(29)20-8-6-5-7-9-20)21-12-13-23-22(15-21)25(18(3)28)19(4)32-23/h5-15H,1-4H3. The van der Waals surface area contributed by atoms with Crippen LogP contribution in [0.3, 0.4) is 0 Å². The lowest BCUT2D eigenvalue weighted by atomic mass is 10.1. The molecule has 1 amide bonds. The number of amides is 1. The van der Waals surface area contributed by atoms with Gasteiger partial charge in [0.15, 0.2) is 5.78 Å². The van der Waals surface area contributed by atoms with Gasteiger partial charge in [-0.2, -0.15) is 4.31 Å². The lowest BCUT2D eigenvalue weighted by Gasteiger charge is -2.24. The van der Waals surface area contributed by atoms with E-state index in [1.54, 1.807) is 69.3 Å². The number of furan rings is 1. The zero-order valence-corrected chi connectivity index (χ0v) is 19.6. The van der Waals surface area contributed by atoms with Crippen molar-refractivity contribution in [2.45, 2.75) is 32.6 Å². The summed E-state index contributed by atoms with van der Waals surface area (Å²) in [6, 6.07) is 17.9. The molecule has 168 valence electrons. The summed E-state index contributed by atoms with van der Waals surface area (Å²) in [6.45, 7) is 6.58. The van der Waals surface area contributed by atoms with Crippen molar-refractivity contribution in [3.05, 3.63) is 94.7 Å². The number of ketones is 1. The van der Waals surface area contributed by atoms with Gasteiger partial charge in [-0.05, 0) is 75.2 Å². The van der Waals surface area contributed by atoms with E-state index in [2.05, 4.69) is 0 Å². The van der Waals surface area contributed by atoms with E-state index >= 15 is 0 Å².